The molecule has 11 N–H and O–H groups in total. The molecule has 0 aliphatic rings. The predicted octanol–water partition coefficient (Wildman–Crippen LogP) is 11.2. The van der Waals surface area contributed by atoms with Crippen LogP contribution in [0.4, 0.5) is 21.5 Å². The number of primary amides is 3. The average Bonchev–Trinajstić information content (AvgIpc) is 1.10. The number of amides is 3. The molecule has 0 spiro atoms. The van der Waals surface area contributed by atoms with Gasteiger partial charge in [0.15, 0.2) is 5.82 Å². The van der Waals surface area contributed by atoms with Crippen molar-refractivity contribution < 1.29 is 57.8 Å². The lowest BCUT2D eigenvalue weighted by Crippen LogP contribution is -2.13. The summed E-state index contributed by atoms with van der Waals surface area (Å²) < 4.78 is 31.5. The summed E-state index contributed by atoms with van der Waals surface area (Å²) in [6.07, 6.45) is 20.2. The van der Waals surface area contributed by atoms with Crippen LogP contribution in [0.1, 0.15) is 63.8 Å². The zero-order valence-corrected chi connectivity index (χ0v) is 57.1. The molecule has 0 bridgehead atoms. The highest BCUT2D eigenvalue weighted by atomic mass is 35.5. The minimum atomic E-state index is -1.02. The molecule has 532 valence electrons. The van der Waals surface area contributed by atoms with Gasteiger partial charge in [0.1, 0.15) is 45.6 Å². The number of thiophene rings is 2. The third kappa shape index (κ3) is 23.8. The molecule has 0 aliphatic carbocycles. The maximum absolute atomic E-state index is 12.6. The van der Waals surface area contributed by atoms with Gasteiger partial charge in [-0.15, -0.1) is 35.1 Å². The summed E-state index contributed by atoms with van der Waals surface area (Å²) in [4.78, 5) is 107. The maximum atomic E-state index is 12.6. The van der Waals surface area contributed by atoms with Gasteiger partial charge in [-0.3, -0.25) is 64.3 Å². The minimum absolute atomic E-state index is 0. The first-order chi connectivity index (χ1) is 49.7. The van der Waals surface area contributed by atoms with Crippen molar-refractivity contribution in [2.75, 3.05) is 32.2 Å². The van der Waals surface area contributed by atoms with Crippen LogP contribution in [-0.2, 0) is 25.7 Å². The summed E-state index contributed by atoms with van der Waals surface area (Å²) in [5.41, 5.74) is 25.5. The molecule has 4 aromatic carbocycles. The predicted molar refractivity (Wildman–Crippen MR) is 393 cm³/mol. The Morgan fingerprint density at radius 2 is 0.981 bits per heavy atom. The van der Waals surface area contributed by atoms with Gasteiger partial charge in [0.2, 0.25) is 0 Å². The molecule has 0 saturated carbocycles. The number of nitrogens with two attached hydrogens (primary N) is 4. The lowest BCUT2D eigenvalue weighted by molar-refractivity contribution is -0.385. The first kappa shape index (κ1) is 78.2. The molecule has 0 aliphatic heterocycles. The van der Waals surface area contributed by atoms with Crippen LogP contribution in [0.15, 0.2) is 223 Å². The van der Waals surface area contributed by atoms with E-state index in [0.29, 0.717) is 78.0 Å². The normalized spacial score (nSPS) is 10.2. The summed E-state index contributed by atoms with van der Waals surface area (Å²) in [7, 11) is 0. The van der Waals surface area contributed by atoms with Crippen molar-refractivity contribution in [3.63, 3.8) is 0 Å². The first-order valence-electron chi connectivity index (χ1n) is 30.7. The fraction of sp³-hybridized carbons (Fsp3) is 0.111. The molecule has 9 heterocycles. The lowest BCUT2D eigenvalue weighted by Gasteiger charge is -2.08. The smallest absolute Gasteiger partial charge is 0.354 e. The number of nitro groups is 2. The van der Waals surface area contributed by atoms with Gasteiger partial charge < -0.3 is 52.3 Å². The van der Waals surface area contributed by atoms with Crippen LogP contribution in [0.5, 0.6) is 17.2 Å². The van der Waals surface area contributed by atoms with Crippen molar-refractivity contribution in [2.24, 2.45) is 17.2 Å². The molecule has 28 nitrogen and oxygen atoms in total. The van der Waals surface area contributed by atoms with Crippen LogP contribution in [0.2, 0.25) is 0 Å². The zero-order chi connectivity index (χ0) is 73.6. The number of carboxylic acid groups (broad SMARTS) is 1. The molecule has 104 heavy (non-hydrogen) atoms. The van der Waals surface area contributed by atoms with E-state index in [0.717, 1.165) is 73.5 Å². The Bertz CT molecular complexity index is 5110. The number of nitrogens with one attached hydrogen (secondary N) is 1. The highest BCUT2D eigenvalue weighted by Crippen LogP contribution is 2.28. The van der Waals surface area contributed by atoms with Crippen LogP contribution in [0.3, 0.4) is 0 Å². The van der Waals surface area contributed by atoms with Gasteiger partial charge in [-0.25, -0.2) is 19.2 Å². The topological polar surface area (TPSA) is 450 Å². The number of carbonyl (C=O) groups excluding carboxylic acids is 3. The molecule has 13 aromatic rings. The molecule has 3 amide bonds. The number of aromatic carboxylic acids is 1. The molecule has 0 atom stereocenters. The second kappa shape index (κ2) is 39.6. The Labute approximate surface area is 604 Å². The van der Waals surface area contributed by atoms with E-state index in [1.54, 1.807) is 104 Å². The largest absolute Gasteiger partial charge is 0.493 e. The number of hydrogen-bond acceptors (Lipinski definition) is 23. The Hall–Kier alpha value is -13.1. The quantitative estimate of drug-likeness (QED) is 0.0200. The van der Waals surface area contributed by atoms with Crippen LogP contribution in [0, 0.1) is 26.0 Å². The maximum Gasteiger partial charge on any atom is 0.354 e. The number of carboxylic acids is 1. The number of aliphatic hydroxyl groups is 1. The molecular weight excluding hydrogens is 1400 g/mol. The van der Waals surface area contributed by atoms with E-state index in [4.69, 9.17) is 47.4 Å². The highest BCUT2D eigenvalue weighted by Gasteiger charge is 2.20. The number of aromatic nitrogens is 8. The Morgan fingerprint density at radius 1 is 0.538 bits per heavy atom. The van der Waals surface area contributed by atoms with Gasteiger partial charge >= 0.3 is 5.97 Å². The summed E-state index contributed by atoms with van der Waals surface area (Å²) in [6, 6.07) is 39.5. The molecule has 0 fully saturated rings. The number of carbonyl (C=O) groups is 4. The van der Waals surface area contributed by atoms with Gasteiger partial charge in [-0.2, -0.15) is 0 Å². The summed E-state index contributed by atoms with van der Waals surface area (Å²) in [6.45, 7) is 1.56. The average molecular weight is 1470 g/mol. The van der Waals surface area contributed by atoms with E-state index in [2.05, 4.69) is 39.9 Å². The third-order valence-electron chi connectivity index (χ3n) is 14.2. The number of rotatable bonds is 21. The fourth-order valence-electron chi connectivity index (χ4n) is 9.12. The molecule has 32 heteroatoms. The number of fused-ring (bicyclic) bond motifs is 3. The van der Waals surface area contributed by atoms with Gasteiger partial charge in [-0.1, -0.05) is 24.3 Å². The summed E-state index contributed by atoms with van der Waals surface area (Å²) in [5, 5.41) is 44.7. The number of pyridine rings is 6. The van der Waals surface area contributed by atoms with E-state index in [1.807, 2.05) is 89.8 Å². The van der Waals surface area contributed by atoms with E-state index in [9.17, 15) is 48.6 Å². The van der Waals surface area contributed by atoms with Crippen LogP contribution < -0.4 is 42.7 Å². The van der Waals surface area contributed by atoms with Crippen molar-refractivity contribution in [1.29, 1.82) is 0 Å². The Balaban J connectivity index is 0.000000181. The van der Waals surface area contributed by atoms with Gasteiger partial charge in [-0.05, 0) is 149 Å². The number of nitro benzene ring substituents is 2. The molecule has 0 saturated heterocycles. The number of nitrogens with zero attached hydrogens (tertiary/aromatic N) is 9. The van der Waals surface area contributed by atoms with Gasteiger partial charge in [0, 0.05) is 126 Å². The SMILES string of the molecule is Cl.NC(=O)c1cc(F)ccc1[N+](=O)[O-].NC(=O)c1cc(OCCc2cccnc2)ccc1N.NC(=O)c1cc(OCCc2cccnc2)ccc1[N+](=O)[O-].O=C(O)c1cc2sccc2cn1.O=c1[nH]c(-c2cc3sccc3cn2)nc2ccc(OCCc3cccnc3)cc12.OCCc1cccnc1. The number of halogens is 2. The second-order valence-corrected chi connectivity index (χ2v) is 23.3. The number of ether oxygens (including phenoxy) is 3. The summed E-state index contributed by atoms with van der Waals surface area (Å²) in [5.74, 6) is -2.13. The Kier molecular flexibility index (Phi) is 29.8. The number of aromatic amines is 1. The minimum Gasteiger partial charge on any atom is -0.493 e. The fourth-order valence-corrected chi connectivity index (χ4v) is 10.7. The van der Waals surface area contributed by atoms with Crippen molar-refractivity contribution in [1.82, 2.24) is 39.9 Å². The number of benzene rings is 4. The standard InChI is InChI=1S/C22H16N4O2S.C14H13N3O4.C14H15N3O2.C8H5NO2S.C7H5FN2O3.C7H9NO.ClH/c27-22-17-10-16(28-8-5-14-2-1-7-23-12-14)3-4-18(17)25-21(26-22)19-11-20-15(13-24-19)6-9-29-20;15-14(18)12-8-11(3-4-13(12)17(19)20)21-7-5-10-2-1-6-16-9-10;15-13-4-3-11(8-12(13)14(16)18)19-7-5-10-2-1-6-17-9-10;10-8(11)6-3-7-5(4-9-6)1-2-12-7;8-4-1-2-6(10(12)13)5(3-4)7(9)11;9-5-3-7-2-1-4-8-6-7;/h1-4,6-7,9-13H,5,8H2,(H,25,26,27);1-4,6,8-9H,5,7H2,(H2,15,18);1-4,6,8-9H,5,7,15H2,(H2,16,18);1-4H,(H,10,11);1-3H,(H2,9,11);1-2,4,6,9H,3,5H2;1H. The lowest BCUT2D eigenvalue weighted by atomic mass is 10.1. The van der Waals surface area contributed by atoms with E-state index >= 15 is 0 Å². The van der Waals surface area contributed by atoms with E-state index in [1.165, 1.54) is 29.5 Å². The van der Waals surface area contributed by atoms with E-state index in [-0.39, 0.29) is 47.1 Å². The number of nitrogen functional groups attached to an aromatic ring is 1. The van der Waals surface area contributed by atoms with Crippen LogP contribution in [0.25, 0.3) is 42.6 Å². The van der Waals surface area contributed by atoms with Gasteiger partial charge in [0.25, 0.3) is 34.7 Å². The Morgan fingerprint density at radius 3 is 1.45 bits per heavy atom. The molecular formula is C72H64ClFN14O14S2. The molecule has 0 unspecified atom stereocenters. The van der Waals surface area contributed by atoms with Crippen LogP contribution in [-0.4, -0.2) is 110 Å². The molecule has 0 radical (unpaired) electrons. The second-order valence-electron chi connectivity index (χ2n) is 21.4. The van der Waals surface area contributed by atoms with Crippen molar-refractivity contribution in [2.45, 2.75) is 25.7 Å². The third-order valence-corrected chi connectivity index (χ3v) is 16.0. The van der Waals surface area contributed by atoms with Crippen molar-refractivity contribution >= 4 is 107 Å². The number of hydrogen-bond donors (Lipinski definition) is 7. The summed E-state index contributed by atoms with van der Waals surface area (Å²) >= 11 is 3.15. The highest BCUT2D eigenvalue weighted by molar-refractivity contribution is 7.17. The van der Waals surface area contributed by atoms with Crippen molar-refractivity contribution in [3.8, 4) is 28.8 Å². The van der Waals surface area contributed by atoms with E-state index < -0.39 is 50.6 Å². The number of anilines is 1. The first-order valence-corrected chi connectivity index (χ1v) is 32.5. The monoisotopic (exact) mass is 1470 g/mol. The number of H-pyrrole nitrogens is 1. The zero-order valence-electron chi connectivity index (χ0n) is 54.7. The van der Waals surface area contributed by atoms with Gasteiger partial charge in [0.05, 0.1) is 46.1 Å². The van der Waals surface area contributed by atoms with Crippen LogP contribution >= 0.6 is 35.1 Å². The van der Waals surface area contributed by atoms with Crippen molar-refractivity contribution in [3.05, 3.63) is 299 Å². The molecule has 13 rings (SSSR count). The molecule has 9 aromatic heterocycles. The number of aliphatic hydroxyl groups excluding tert-OH is 1.